The minimum absolute atomic E-state index is 0.141. The van der Waals surface area contributed by atoms with E-state index in [-0.39, 0.29) is 25.1 Å². The fourth-order valence-electron chi connectivity index (χ4n) is 1.86. The van der Waals surface area contributed by atoms with Crippen LogP contribution in [0, 0.1) is 0 Å². The summed E-state index contributed by atoms with van der Waals surface area (Å²) in [7, 11) is 0. The zero-order valence-corrected chi connectivity index (χ0v) is 11.9. The first-order valence-electron chi connectivity index (χ1n) is 6.67. The molecule has 0 spiro atoms. The molecule has 0 aliphatic carbocycles. The van der Waals surface area contributed by atoms with Crippen molar-refractivity contribution < 1.29 is 28.5 Å². The molecule has 7 nitrogen and oxygen atoms in total. The first-order valence-corrected chi connectivity index (χ1v) is 6.67. The van der Waals surface area contributed by atoms with Gasteiger partial charge in [-0.1, -0.05) is 12.1 Å². The van der Waals surface area contributed by atoms with Gasteiger partial charge in [0, 0.05) is 0 Å². The van der Waals surface area contributed by atoms with Crippen LogP contribution >= 0.6 is 0 Å². The molecule has 0 saturated heterocycles. The van der Waals surface area contributed by atoms with E-state index in [4.69, 9.17) is 23.7 Å². The smallest absolute Gasteiger partial charge is 0.288 e. The Balaban J connectivity index is 1.58. The molecule has 0 atom stereocenters. The Bertz CT molecular complexity index is 819. The molecule has 0 fully saturated rings. The number of carbonyl (C=O) groups excluding carboxylic acids is 1. The minimum Gasteiger partial charge on any atom is -0.502 e. The van der Waals surface area contributed by atoms with Crippen LogP contribution in [0.25, 0.3) is 6.08 Å². The summed E-state index contributed by atoms with van der Waals surface area (Å²) in [6, 6.07) is 6.27. The van der Waals surface area contributed by atoms with Crippen LogP contribution in [0.4, 0.5) is 0 Å². The van der Waals surface area contributed by atoms with Crippen molar-refractivity contribution in [2.24, 2.45) is 0 Å². The molecule has 0 amide bonds. The first-order chi connectivity index (χ1) is 11.1. The van der Waals surface area contributed by atoms with Crippen LogP contribution in [0.15, 0.2) is 45.8 Å². The molecule has 0 saturated carbocycles. The van der Waals surface area contributed by atoms with Crippen molar-refractivity contribution in [3.8, 4) is 23.2 Å². The Labute approximate surface area is 130 Å². The summed E-state index contributed by atoms with van der Waals surface area (Å²) in [6.07, 6.45) is 3.81. The maximum Gasteiger partial charge on any atom is 0.288 e. The van der Waals surface area contributed by atoms with Crippen molar-refractivity contribution in [1.82, 2.24) is 0 Å². The molecule has 1 aromatic heterocycles. The molecule has 23 heavy (non-hydrogen) atoms. The summed E-state index contributed by atoms with van der Waals surface area (Å²) in [5.41, 5.74) is 0.133. The second kappa shape index (κ2) is 6.27. The number of ether oxygens (including phenoxy) is 3. The lowest BCUT2D eigenvalue weighted by molar-refractivity contribution is -0.116. The second-order valence-corrected chi connectivity index (χ2v) is 4.65. The molecule has 1 N–H and O–H groups in total. The average molecular weight is 316 g/mol. The van der Waals surface area contributed by atoms with E-state index < -0.39 is 11.2 Å². The number of carbonyl (C=O) groups is 1. The highest BCUT2D eigenvalue weighted by Crippen LogP contribution is 2.32. The Kier molecular flexibility index (Phi) is 4.01. The number of fused-ring (bicyclic) bond motifs is 1. The van der Waals surface area contributed by atoms with Crippen LogP contribution in [-0.2, 0) is 4.79 Å². The van der Waals surface area contributed by atoms with Gasteiger partial charge in [-0.05, 0) is 23.8 Å². The zero-order valence-electron chi connectivity index (χ0n) is 11.9. The van der Waals surface area contributed by atoms with E-state index in [1.807, 2.05) is 0 Å². The van der Waals surface area contributed by atoms with Crippen LogP contribution in [0.1, 0.15) is 5.56 Å². The monoisotopic (exact) mass is 316 g/mol. The SMILES string of the molecule is O=C(/C=C/c1ccc2c(c1)OCO2)COc1cc(=O)c(O)co1. The second-order valence-electron chi connectivity index (χ2n) is 4.65. The lowest BCUT2D eigenvalue weighted by atomic mass is 10.2. The highest BCUT2D eigenvalue weighted by Gasteiger charge is 2.12. The van der Waals surface area contributed by atoms with Gasteiger partial charge in [-0.3, -0.25) is 9.59 Å². The fourth-order valence-corrected chi connectivity index (χ4v) is 1.86. The van der Waals surface area contributed by atoms with Gasteiger partial charge in [-0.25, -0.2) is 0 Å². The van der Waals surface area contributed by atoms with Gasteiger partial charge in [0.2, 0.25) is 12.2 Å². The van der Waals surface area contributed by atoms with Crippen molar-refractivity contribution in [1.29, 1.82) is 0 Å². The number of hydrogen-bond acceptors (Lipinski definition) is 7. The van der Waals surface area contributed by atoms with Gasteiger partial charge in [0.1, 0.15) is 6.26 Å². The Morgan fingerprint density at radius 3 is 2.91 bits per heavy atom. The summed E-state index contributed by atoms with van der Waals surface area (Å²) in [5, 5.41) is 9.04. The van der Waals surface area contributed by atoms with Gasteiger partial charge in [0.05, 0.1) is 6.07 Å². The molecule has 2 aromatic rings. The first kappa shape index (κ1) is 14.7. The normalized spacial score (nSPS) is 12.5. The van der Waals surface area contributed by atoms with Gasteiger partial charge in [-0.2, -0.15) is 0 Å². The highest BCUT2D eigenvalue weighted by atomic mass is 16.7. The molecule has 1 aliphatic heterocycles. The molecular formula is C16H12O7. The molecule has 0 unspecified atom stereocenters. The van der Waals surface area contributed by atoms with Gasteiger partial charge < -0.3 is 23.7 Å². The third kappa shape index (κ3) is 3.52. The number of aromatic hydroxyl groups is 1. The molecule has 3 rings (SSSR count). The van der Waals surface area contributed by atoms with E-state index in [0.717, 1.165) is 17.9 Å². The van der Waals surface area contributed by atoms with Gasteiger partial charge in [0.15, 0.2) is 29.6 Å². The zero-order chi connectivity index (χ0) is 16.2. The molecule has 0 radical (unpaired) electrons. The lowest BCUT2D eigenvalue weighted by Gasteiger charge is -2.01. The van der Waals surface area contributed by atoms with E-state index in [2.05, 4.69) is 0 Å². The van der Waals surface area contributed by atoms with Crippen LogP contribution < -0.4 is 19.6 Å². The van der Waals surface area contributed by atoms with E-state index in [1.165, 1.54) is 6.08 Å². The van der Waals surface area contributed by atoms with E-state index in [0.29, 0.717) is 11.5 Å². The largest absolute Gasteiger partial charge is 0.502 e. The summed E-state index contributed by atoms with van der Waals surface area (Å²) < 4.78 is 20.3. The topological polar surface area (TPSA) is 95.2 Å². The van der Waals surface area contributed by atoms with Gasteiger partial charge >= 0.3 is 0 Å². The van der Waals surface area contributed by atoms with Crippen LogP contribution in [0.3, 0.4) is 0 Å². The molecule has 2 heterocycles. The van der Waals surface area contributed by atoms with Crippen molar-refractivity contribution in [2.75, 3.05) is 13.4 Å². The standard InChI is InChI=1S/C16H12O7/c17-11(7-20-16-6-12(18)13(19)8-21-16)3-1-10-2-4-14-15(5-10)23-9-22-14/h1-6,8,19H,7,9H2/b3-1+. The Morgan fingerprint density at radius 1 is 1.26 bits per heavy atom. The maximum atomic E-state index is 11.7. The average Bonchev–Trinajstić information content (AvgIpc) is 3.01. The van der Waals surface area contributed by atoms with Crippen LogP contribution in [0.5, 0.6) is 23.2 Å². The summed E-state index contributed by atoms with van der Waals surface area (Å²) in [4.78, 5) is 22.9. The summed E-state index contributed by atoms with van der Waals surface area (Å²) >= 11 is 0. The van der Waals surface area contributed by atoms with E-state index in [1.54, 1.807) is 24.3 Å². The van der Waals surface area contributed by atoms with Crippen LogP contribution in [-0.4, -0.2) is 24.3 Å². The summed E-state index contributed by atoms with van der Waals surface area (Å²) in [5.74, 6) is 0.309. The predicted molar refractivity (Wildman–Crippen MR) is 78.7 cm³/mol. The number of ketones is 1. The lowest BCUT2D eigenvalue weighted by Crippen LogP contribution is -2.09. The van der Waals surface area contributed by atoms with Crippen LogP contribution in [0.2, 0.25) is 0 Å². The maximum absolute atomic E-state index is 11.7. The van der Waals surface area contributed by atoms with E-state index in [9.17, 15) is 9.59 Å². The van der Waals surface area contributed by atoms with Crippen molar-refractivity contribution in [3.05, 3.63) is 52.4 Å². The molecule has 1 aliphatic rings. The molecule has 0 bridgehead atoms. The van der Waals surface area contributed by atoms with Gasteiger partial charge in [0.25, 0.3) is 5.95 Å². The number of hydrogen-bond donors (Lipinski definition) is 1. The Morgan fingerprint density at radius 2 is 2.09 bits per heavy atom. The molecule has 118 valence electrons. The Hall–Kier alpha value is -3.22. The fraction of sp³-hybridized carbons (Fsp3) is 0.125. The quantitative estimate of drug-likeness (QED) is 0.839. The van der Waals surface area contributed by atoms with Crippen molar-refractivity contribution >= 4 is 11.9 Å². The third-order valence-corrected chi connectivity index (χ3v) is 3.00. The minimum atomic E-state index is -0.644. The van der Waals surface area contributed by atoms with E-state index >= 15 is 0 Å². The molecule has 7 heteroatoms. The third-order valence-electron chi connectivity index (χ3n) is 3.00. The number of benzene rings is 1. The van der Waals surface area contributed by atoms with Gasteiger partial charge in [-0.15, -0.1) is 0 Å². The predicted octanol–water partition coefficient (Wildman–Crippen LogP) is 1.74. The summed E-state index contributed by atoms with van der Waals surface area (Å²) in [6.45, 7) is -0.109. The number of rotatable bonds is 5. The highest BCUT2D eigenvalue weighted by molar-refractivity contribution is 5.94. The van der Waals surface area contributed by atoms with Crippen molar-refractivity contribution in [3.63, 3.8) is 0 Å². The molecule has 1 aromatic carbocycles. The molecular weight excluding hydrogens is 304 g/mol. The van der Waals surface area contributed by atoms with Crippen molar-refractivity contribution in [2.45, 2.75) is 0 Å².